The van der Waals surface area contributed by atoms with Gasteiger partial charge in [0.2, 0.25) is 0 Å². The Labute approximate surface area is 75.1 Å². The number of aliphatic hydroxyl groups excluding tert-OH is 1. The Bertz CT molecular complexity index is 298. The second kappa shape index (κ2) is 5.00. The Morgan fingerprint density at radius 1 is 1.38 bits per heavy atom. The van der Waals surface area contributed by atoms with E-state index in [9.17, 15) is 4.79 Å². The van der Waals surface area contributed by atoms with E-state index in [-0.39, 0.29) is 0 Å². The van der Waals surface area contributed by atoms with Crippen LogP contribution in [0.15, 0.2) is 40.7 Å². The lowest BCUT2D eigenvalue weighted by molar-refractivity contribution is -0.123. The summed E-state index contributed by atoms with van der Waals surface area (Å²) >= 11 is 0. The van der Waals surface area contributed by atoms with Gasteiger partial charge in [0.05, 0.1) is 5.69 Å². The number of rotatable bonds is 3. The predicted molar refractivity (Wildman–Crippen MR) is 46.2 cm³/mol. The minimum absolute atomic E-state index is 0.584. The largest absolute Gasteiger partial charge is 0.386 e. The van der Waals surface area contributed by atoms with E-state index in [1.54, 1.807) is 12.1 Å². The first-order valence-corrected chi connectivity index (χ1v) is 3.68. The monoisotopic (exact) mass is 179 g/mol. The maximum Gasteiger partial charge on any atom is 0.267 e. The van der Waals surface area contributed by atoms with Crippen LogP contribution in [0.4, 0.5) is 5.69 Å². The van der Waals surface area contributed by atoms with Crippen LogP contribution in [0.3, 0.4) is 0 Å². The average molecular weight is 179 g/mol. The molecular formula is C8H9N3O2. The fourth-order valence-electron chi connectivity index (χ4n) is 0.669. The summed E-state index contributed by atoms with van der Waals surface area (Å²) in [5, 5.41) is 15.4. The predicted octanol–water partition coefficient (Wildman–Crippen LogP) is 0.794. The molecule has 1 amide bonds. The molecule has 1 aromatic rings. The summed E-state index contributed by atoms with van der Waals surface area (Å²) in [6.45, 7) is -0.589. The summed E-state index contributed by atoms with van der Waals surface area (Å²) in [6.07, 6.45) is 0. The van der Waals surface area contributed by atoms with Crippen molar-refractivity contribution in [2.75, 3.05) is 6.61 Å². The molecule has 2 N–H and O–H groups in total. The smallest absolute Gasteiger partial charge is 0.267 e. The third kappa shape index (κ3) is 3.44. The summed E-state index contributed by atoms with van der Waals surface area (Å²) in [5.41, 5.74) is 2.69. The maximum absolute atomic E-state index is 10.5. The highest BCUT2D eigenvalue weighted by atomic mass is 16.3. The molecule has 1 aromatic carbocycles. The highest BCUT2D eigenvalue weighted by Gasteiger charge is 1.92. The van der Waals surface area contributed by atoms with Gasteiger partial charge in [-0.3, -0.25) is 4.79 Å². The van der Waals surface area contributed by atoms with Gasteiger partial charge in [-0.2, -0.15) is 0 Å². The van der Waals surface area contributed by atoms with E-state index < -0.39 is 12.5 Å². The van der Waals surface area contributed by atoms with Crippen molar-refractivity contribution in [2.24, 2.45) is 10.3 Å². The fourth-order valence-corrected chi connectivity index (χ4v) is 0.669. The van der Waals surface area contributed by atoms with Crippen molar-refractivity contribution in [1.29, 1.82) is 0 Å². The van der Waals surface area contributed by atoms with Gasteiger partial charge in [-0.05, 0) is 12.1 Å². The van der Waals surface area contributed by atoms with E-state index in [4.69, 9.17) is 5.11 Å². The van der Waals surface area contributed by atoms with Crippen LogP contribution >= 0.6 is 0 Å². The lowest BCUT2D eigenvalue weighted by Gasteiger charge is -1.92. The van der Waals surface area contributed by atoms with Crippen LogP contribution in [0.25, 0.3) is 0 Å². The van der Waals surface area contributed by atoms with Crippen molar-refractivity contribution in [3.8, 4) is 0 Å². The van der Waals surface area contributed by atoms with Crippen molar-refractivity contribution in [1.82, 2.24) is 5.43 Å². The molecule has 0 heterocycles. The molecule has 0 unspecified atom stereocenters. The van der Waals surface area contributed by atoms with Crippen LogP contribution in [0.2, 0.25) is 0 Å². The van der Waals surface area contributed by atoms with Crippen molar-refractivity contribution in [3.63, 3.8) is 0 Å². The Morgan fingerprint density at radius 2 is 2.08 bits per heavy atom. The van der Waals surface area contributed by atoms with Crippen molar-refractivity contribution < 1.29 is 9.90 Å². The topological polar surface area (TPSA) is 74.0 Å². The molecule has 0 aliphatic rings. The van der Waals surface area contributed by atoms with Gasteiger partial charge in [-0.1, -0.05) is 23.4 Å². The number of hydrogen-bond acceptors (Lipinski definition) is 4. The lowest BCUT2D eigenvalue weighted by Crippen LogP contribution is -2.19. The molecule has 5 nitrogen and oxygen atoms in total. The van der Waals surface area contributed by atoms with E-state index in [2.05, 4.69) is 15.8 Å². The maximum atomic E-state index is 10.5. The lowest BCUT2D eigenvalue weighted by atomic mass is 10.3. The summed E-state index contributed by atoms with van der Waals surface area (Å²) in [6, 6.07) is 8.96. The second-order valence-corrected chi connectivity index (χ2v) is 2.23. The minimum atomic E-state index is -0.589. The Balaban J connectivity index is 2.45. The molecule has 0 aliphatic carbocycles. The van der Waals surface area contributed by atoms with E-state index in [0.29, 0.717) is 5.69 Å². The van der Waals surface area contributed by atoms with Crippen LogP contribution in [0.1, 0.15) is 0 Å². The van der Waals surface area contributed by atoms with Crippen LogP contribution in [0.5, 0.6) is 0 Å². The third-order valence-corrected chi connectivity index (χ3v) is 1.24. The molecule has 0 saturated heterocycles. The zero-order valence-electron chi connectivity index (χ0n) is 6.84. The van der Waals surface area contributed by atoms with Crippen LogP contribution < -0.4 is 5.43 Å². The Kier molecular flexibility index (Phi) is 3.59. The molecule has 68 valence electrons. The summed E-state index contributed by atoms with van der Waals surface area (Å²) in [4.78, 5) is 10.5. The van der Waals surface area contributed by atoms with Crippen LogP contribution in [-0.2, 0) is 4.79 Å². The number of nitrogens with zero attached hydrogens (tertiary/aromatic N) is 2. The van der Waals surface area contributed by atoms with E-state index in [1.165, 1.54) is 0 Å². The van der Waals surface area contributed by atoms with Crippen molar-refractivity contribution >= 4 is 11.6 Å². The van der Waals surface area contributed by atoms with Gasteiger partial charge in [-0.25, -0.2) is 5.43 Å². The first-order valence-electron chi connectivity index (χ1n) is 3.68. The quantitative estimate of drug-likeness (QED) is 0.531. The number of carbonyl (C=O) groups is 1. The molecule has 0 radical (unpaired) electrons. The number of hydrogen-bond donors (Lipinski definition) is 2. The number of carbonyl (C=O) groups excluding carboxylic acids is 1. The van der Waals surface area contributed by atoms with Gasteiger partial charge < -0.3 is 5.11 Å². The number of nitrogens with one attached hydrogen (secondary N) is 1. The standard InChI is InChI=1S/C8H9N3O2/c12-6-8(13)10-11-9-7-4-2-1-3-5-7/h1-5,12H,6H2,(H,9,10,13). The first-order chi connectivity index (χ1) is 6.33. The molecule has 0 aromatic heterocycles. The molecule has 0 spiro atoms. The van der Waals surface area contributed by atoms with Crippen molar-refractivity contribution in [2.45, 2.75) is 0 Å². The van der Waals surface area contributed by atoms with Gasteiger partial charge in [0, 0.05) is 0 Å². The van der Waals surface area contributed by atoms with Gasteiger partial charge >= 0.3 is 0 Å². The number of amides is 1. The molecular weight excluding hydrogens is 170 g/mol. The van der Waals surface area contributed by atoms with E-state index in [0.717, 1.165) is 0 Å². The normalized spacial score (nSPS) is 10.2. The molecule has 0 fully saturated rings. The van der Waals surface area contributed by atoms with E-state index in [1.807, 2.05) is 18.2 Å². The van der Waals surface area contributed by atoms with Gasteiger partial charge in [0.25, 0.3) is 5.91 Å². The van der Waals surface area contributed by atoms with Crippen LogP contribution in [-0.4, -0.2) is 17.6 Å². The molecule has 1 rings (SSSR count). The van der Waals surface area contributed by atoms with E-state index >= 15 is 0 Å². The summed E-state index contributed by atoms with van der Waals surface area (Å²) < 4.78 is 0. The first kappa shape index (κ1) is 9.34. The molecule has 13 heavy (non-hydrogen) atoms. The molecule has 0 aliphatic heterocycles. The highest BCUT2D eigenvalue weighted by molar-refractivity contribution is 5.76. The second-order valence-electron chi connectivity index (χ2n) is 2.23. The Morgan fingerprint density at radius 3 is 2.69 bits per heavy atom. The van der Waals surface area contributed by atoms with Gasteiger partial charge in [0.15, 0.2) is 0 Å². The SMILES string of the molecule is O=C(CO)NN=Nc1ccccc1. The zero-order chi connectivity index (χ0) is 9.52. The summed E-state index contributed by atoms with van der Waals surface area (Å²) in [5.74, 6) is -0.584. The van der Waals surface area contributed by atoms with Crippen LogP contribution in [0, 0.1) is 0 Å². The fraction of sp³-hybridized carbons (Fsp3) is 0.125. The summed E-state index contributed by atoms with van der Waals surface area (Å²) in [7, 11) is 0. The highest BCUT2D eigenvalue weighted by Crippen LogP contribution is 2.08. The molecule has 0 bridgehead atoms. The average Bonchev–Trinajstić information content (AvgIpc) is 2.19. The number of aliphatic hydroxyl groups is 1. The van der Waals surface area contributed by atoms with Gasteiger partial charge in [0.1, 0.15) is 6.61 Å². The third-order valence-electron chi connectivity index (χ3n) is 1.24. The van der Waals surface area contributed by atoms with Crippen molar-refractivity contribution in [3.05, 3.63) is 30.3 Å². The molecule has 0 saturated carbocycles. The Hall–Kier alpha value is -1.75. The molecule has 5 heteroatoms. The number of benzene rings is 1. The minimum Gasteiger partial charge on any atom is -0.386 e. The molecule has 0 atom stereocenters. The van der Waals surface area contributed by atoms with Gasteiger partial charge in [-0.15, -0.1) is 5.11 Å². The zero-order valence-corrected chi connectivity index (χ0v) is 6.84.